The Balaban J connectivity index is 2.11. The molecule has 3 heterocycles. The lowest BCUT2D eigenvalue weighted by atomic mass is 9.98. The molecule has 4 heteroatoms. The maximum absolute atomic E-state index is 11.0. The first-order chi connectivity index (χ1) is 7.18. The van der Waals surface area contributed by atoms with Crippen LogP contribution in [0.15, 0.2) is 5.38 Å². The Kier molecular flexibility index (Phi) is 1.91. The summed E-state index contributed by atoms with van der Waals surface area (Å²) in [6.07, 6.45) is 3.32. The van der Waals surface area contributed by atoms with Gasteiger partial charge in [0.25, 0.3) is 0 Å². The highest BCUT2D eigenvalue weighted by molar-refractivity contribution is 7.10. The topological polar surface area (TPSA) is 40.5 Å². The van der Waals surface area contributed by atoms with Gasteiger partial charge in [-0.05, 0) is 31.9 Å². The van der Waals surface area contributed by atoms with Crippen LogP contribution in [-0.4, -0.2) is 29.1 Å². The Morgan fingerprint density at radius 2 is 2.40 bits per heavy atom. The molecule has 2 aliphatic rings. The van der Waals surface area contributed by atoms with Gasteiger partial charge in [0, 0.05) is 22.3 Å². The van der Waals surface area contributed by atoms with Gasteiger partial charge in [0.15, 0.2) is 0 Å². The molecule has 0 saturated carbocycles. The van der Waals surface area contributed by atoms with Gasteiger partial charge in [-0.1, -0.05) is 0 Å². The van der Waals surface area contributed by atoms with Crippen molar-refractivity contribution in [3.63, 3.8) is 0 Å². The highest BCUT2D eigenvalue weighted by Crippen LogP contribution is 2.46. The normalized spacial score (nSPS) is 29.1. The minimum Gasteiger partial charge on any atom is -0.478 e. The van der Waals surface area contributed by atoms with E-state index in [2.05, 4.69) is 11.9 Å². The van der Waals surface area contributed by atoms with Crippen LogP contribution >= 0.6 is 11.3 Å². The number of rotatable bonds is 1. The second-order valence-corrected chi connectivity index (χ2v) is 5.33. The number of fused-ring (bicyclic) bond motifs is 4. The second-order valence-electron chi connectivity index (χ2n) is 4.41. The zero-order valence-corrected chi connectivity index (χ0v) is 9.38. The third-order valence-electron chi connectivity index (χ3n) is 3.74. The summed E-state index contributed by atoms with van der Waals surface area (Å²) in [5, 5.41) is 10.9. The Labute approximate surface area is 92.3 Å². The molecule has 0 amide bonds. The minimum atomic E-state index is -0.767. The number of aromatic carboxylic acids is 1. The predicted octanol–water partition coefficient (Wildman–Crippen LogP) is 2.14. The summed E-state index contributed by atoms with van der Waals surface area (Å²) in [6.45, 7) is 0. The zero-order valence-electron chi connectivity index (χ0n) is 8.56. The van der Waals surface area contributed by atoms with Gasteiger partial charge in [-0.25, -0.2) is 4.79 Å². The average Bonchev–Trinajstić information content (AvgIpc) is 2.69. The molecule has 3 rings (SSSR count). The molecule has 2 unspecified atom stereocenters. The van der Waals surface area contributed by atoms with Crippen molar-refractivity contribution in [1.82, 2.24) is 4.90 Å². The van der Waals surface area contributed by atoms with Crippen LogP contribution in [0.1, 0.15) is 39.7 Å². The summed E-state index contributed by atoms with van der Waals surface area (Å²) >= 11 is 1.62. The molecule has 2 bridgehead atoms. The van der Waals surface area contributed by atoms with Gasteiger partial charge in [-0.3, -0.25) is 4.90 Å². The van der Waals surface area contributed by atoms with Crippen LogP contribution in [0.4, 0.5) is 0 Å². The summed E-state index contributed by atoms with van der Waals surface area (Å²) in [4.78, 5) is 14.7. The molecule has 2 aliphatic heterocycles. The van der Waals surface area contributed by atoms with Gasteiger partial charge in [-0.15, -0.1) is 11.3 Å². The molecule has 1 fully saturated rings. The summed E-state index contributed by atoms with van der Waals surface area (Å²) in [5.74, 6) is -0.767. The number of likely N-dealkylation sites (N-methyl/N-ethyl adjacent to an activating group) is 1. The van der Waals surface area contributed by atoms with E-state index in [0.29, 0.717) is 17.6 Å². The standard InChI is InChI=1S/C11H13NO2S/c1-12-6-2-3-9(12)10-7(4-6)8(5-15-10)11(13)14/h5-6,9H,2-4H2,1H3,(H,13,14). The molecule has 0 aromatic carbocycles. The van der Waals surface area contributed by atoms with Crippen molar-refractivity contribution >= 4 is 17.3 Å². The average molecular weight is 223 g/mol. The van der Waals surface area contributed by atoms with Crippen molar-refractivity contribution in [2.45, 2.75) is 31.3 Å². The first-order valence-electron chi connectivity index (χ1n) is 5.24. The van der Waals surface area contributed by atoms with E-state index in [1.54, 1.807) is 11.3 Å². The monoisotopic (exact) mass is 223 g/mol. The van der Waals surface area contributed by atoms with E-state index in [1.165, 1.54) is 17.7 Å². The number of carbonyl (C=O) groups is 1. The van der Waals surface area contributed by atoms with Crippen molar-refractivity contribution in [2.24, 2.45) is 0 Å². The zero-order chi connectivity index (χ0) is 10.6. The molecule has 2 atom stereocenters. The predicted molar refractivity (Wildman–Crippen MR) is 58.5 cm³/mol. The lowest BCUT2D eigenvalue weighted by molar-refractivity contribution is 0.0695. The molecule has 1 aromatic rings. The number of carboxylic acid groups (broad SMARTS) is 1. The molecular formula is C11H13NO2S. The molecule has 0 aliphatic carbocycles. The maximum atomic E-state index is 11.0. The second kappa shape index (κ2) is 3.06. The lowest BCUT2D eigenvalue weighted by Gasteiger charge is -2.31. The number of carboxylic acids is 1. The SMILES string of the molecule is CN1C2CCC1c1scc(C(=O)O)c1C2. The smallest absolute Gasteiger partial charge is 0.336 e. The van der Waals surface area contributed by atoms with Gasteiger partial charge in [0.1, 0.15) is 0 Å². The molecule has 0 spiro atoms. The summed E-state index contributed by atoms with van der Waals surface area (Å²) in [6, 6.07) is 1.05. The van der Waals surface area contributed by atoms with Crippen molar-refractivity contribution in [3.8, 4) is 0 Å². The first-order valence-corrected chi connectivity index (χ1v) is 6.12. The van der Waals surface area contributed by atoms with Gasteiger partial charge in [0.05, 0.1) is 5.56 Å². The van der Waals surface area contributed by atoms with E-state index in [9.17, 15) is 4.79 Å². The molecule has 15 heavy (non-hydrogen) atoms. The fourth-order valence-electron chi connectivity index (χ4n) is 2.88. The largest absolute Gasteiger partial charge is 0.478 e. The molecule has 3 nitrogen and oxygen atoms in total. The lowest BCUT2D eigenvalue weighted by Crippen LogP contribution is -2.33. The van der Waals surface area contributed by atoms with Crippen LogP contribution in [0.5, 0.6) is 0 Å². The maximum Gasteiger partial charge on any atom is 0.336 e. The van der Waals surface area contributed by atoms with Gasteiger partial charge >= 0.3 is 5.97 Å². The Hall–Kier alpha value is -0.870. The van der Waals surface area contributed by atoms with Crippen LogP contribution in [0.3, 0.4) is 0 Å². The molecule has 80 valence electrons. The number of hydrogen-bond donors (Lipinski definition) is 1. The van der Waals surface area contributed by atoms with Crippen molar-refractivity contribution < 1.29 is 9.90 Å². The third-order valence-corrected chi connectivity index (χ3v) is 4.87. The van der Waals surface area contributed by atoms with Crippen molar-refractivity contribution in [3.05, 3.63) is 21.4 Å². The Bertz CT molecular complexity index is 426. The highest BCUT2D eigenvalue weighted by atomic mass is 32.1. The number of thiophene rings is 1. The third kappa shape index (κ3) is 1.18. The van der Waals surface area contributed by atoms with E-state index in [4.69, 9.17) is 5.11 Å². The van der Waals surface area contributed by atoms with Gasteiger partial charge < -0.3 is 5.11 Å². The van der Waals surface area contributed by atoms with Crippen LogP contribution in [0.25, 0.3) is 0 Å². The quantitative estimate of drug-likeness (QED) is 0.793. The molecule has 1 N–H and O–H groups in total. The van der Waals surface area contributed by atoms with Crippen molar-refractivity contribution in [2.75, 3.05) is 7.05 Å². The van der Waals surface area contributed by atoms with E-state index in [0.717, 1.165) is 12.0 Å². The Morgan fingerprint density at radius 1 is 1.60 bits per heavy atom. The summed E-state index contributed by atoms with van der Waals surface area (Å²) < 4.78 is 0. The van der Waals surface area contributed by atoms with Gasteiger partial charge in [0.2, 0.25) is 0 Å². The highest BCUT2D eigenvalue weighted by Gasteiger charge is 2.40. The number of nitrogens with zero attached hydrogens (tertiary/aromatic N) is 1. The minimum absolute atomic E-state index is 0.483. The molecule has 0 radical (unpaired) electrons. The first kappa shape index (κ1) is 9.36. The number of hydrogen-bond acceptors (Lipinski definition) is 3. The van der Waals surface area contributed by atoms with E-state index < -0.39 is 5.97 Å². The van der Waals surface area contributed by atoms with E-state index in [1.807, 2.05) is 5.38 Å². The fourth-order valence-corrected chi connectivity index (χ4v) is 4.14. The fraction of sp³-hybridized carbons (Fsp3) is 0.545. The van der Waals surface area contributed by atoms with Crippen molar-refractivity contribution in [1.29, 1.82) is 0 Å². The molecule has 1 aromatic heterocycles. The van der Waals surface area contributed by atoms with Crippen LogP contribution in [0, 0.1) is 0 Å². The van der Waals surface area contributed by atoms with Crippen LogP contribution in [0.2, 0.25) is 0 Å². The summed E-state index contributed by atoms with van der Waals surface area (Å²) in [7, 11) is 2.16. The van der Waals surface area contributed by atoms with Crippen LogP contribution in [-0.2, 0) is 6.42 Å². The van der Waals surface area contributed by atoms with E-state index >= 15 is 0 Å². The van der Waals surface area contributed by atoms with E-state index in [-0.39, 0.29) is 0 Å². The molecular weight excluding hydrogens is 210 g/mol. The Morgan fingerprint density at radius 3 is 3.13 bits per heavy atom. The molecule has 1 saturated heterocycles. The van der Waals surface area contributed by atoms with Gasteiger partial charge in [-0.2, -0.15) is 0 Å². The summed E-state index contributed by atoms with van der Waals surface area (Å²) in [5.41, 5.74) is 1.65. The van der Waals surface area contributed by atoms with Crippen LogP contribution < -0.4 is 0 Å².